The highest BCUT2D eigenvalue weighted by Crippen LogP contribution is 2.30. The van der Waals surface area contributed by atoms with E-state index in [4.69, 9.17) is 0 Å². The summed E-state index contributed by atoms with van der Waals surface area (Å²) in [5.41, 5.74) is 3.34. The van der Waals surface area contributed by atoms with Gasteiger partial charge < -0.3 is 10.2 Å². The lowest BCUT2D eigenvalue weighted by Crippen LogP contribution is -2.49. The van der Waals surface area contributed by atoms with Crippen molar-refractivity contribution in [2.45, 2.75) is 51.1 Å². The van der Waals surface area contributed by atoms with Crippen molar-refractivity contribution < 1.29 is 9.59 Å². The topological polar surface area (TPSA) is 65.5 Å². The first kappa shape index (κ1) is 21.5. The fourth-order valence-electron chi connectivity index (χ4n) is 4.69. The molecular formula is C25H32N4O2. The van der Waals surface area contributed by atoms with Crippen LogP contribution in [0.4, 0.5) is 0 Å². The van der Waals surface area contributed by atoms with Gasteiger partial charge in [-0.3, -0.25) is 19.5 Å². The SMILES string of the molecule is Cc1ccc(C[C@@]2(CCC(=O)N3CCN(Cc4cccnc4)CC3)CCC(=O)N2)cc1. The fourth-order valence-corrected chi connectivity index (χ4v) is 4.69. The Kier molecular flexibility index (Phi) is 6.66. The smallest absolute Gasteiger partial charge is 0.222 e. The summed E-state index contributed by atoms with van der Waals surface area (Å²) in [5.74, 6) is 0.300. The number of pyridine rings is 1. The van der Waals surface area contributed by atoms with E-state index >= 15 is 0 Å². The molecule has 1 atom stereocenters. The minimum Gasteiger partial charge on any atom is -0.350 e. The van der Waals surface area contributed by atoms with Gasteiger partial charge in [0.25, 0.3) is 0 Å². The van der Waals surface area contributed by atoms with Crippen molar-refractivity contribution in [2.75, 3.05) is 26.2 Å². The van der Waals surface area contributed by atoms with Gasteiger partial charge in [-0.05, 0) is 43.4 Å². The van der Waals surface area contributed by atoms with Crippen LogP contribution in [0.5, 0.6) is 0 Å². The van der Waals surface area contributed by atoms with E-state index in [2.05, 4.69) is 52.5 Å². The first-order chi connectivity index (χ1) is 15.0. The van der Waals surface area contributed by atoms with Crippen molar-refractivity contribution in [3.05, 3.63) is 65.5 Å². The van der Waals surface area contributed by atoms with Crippen molar-refractivity contribution in [3.8, 4) is 0 Å². The first-order valence-corrected chi connectivity index (χ1v) is 11.3. The number of piperazine rings is 1. The normalized spacial score (nSPS) is 21.8. The number of aryl methyl sites for hydroxylation is 1. The molecule has 0 aliphatic carbocycles. The Balaban J connectivity index is 1.29. The fraction of sp³-hybridized carbons (Fsp3) is 0.480. The lowest BCUT2D eigenvalue weighted by molar-refractivity contribution is -0.133. The Hall–Kier alpha value is -2.73. The molecule has 2 aliphatic heterocycles. The Morgan fingerprint density at radius 1 is 1.10 bits per heavy atom. The van der Waals surface area contributed by atoms with Crippen LogP contribution >= 0.6 is 0 Å². The highest BCUT2D eigenvalue weighted by atomic mass is 16.2. The Morgan fingerprint density at radius 3 is 2.52 bits per heavy atom. The molecule has 6 heteroatoms. The number of hydrogen-bond donors (Lipinski definition) is 1. The number of nitrogens with one attached hydrogen (secondary N) is 1. The molecule has 0 unspecified atom stereocenters. The number of rotatable bonds is 7. The maximum atomic E-state index is 12.9. The molecule has 2 aliphatic rings. The molecule has 6 nitrogen and oxygen atoms in total. The minimum absolute atomic E-state index is 0.101. The van der Waals surface area contributed by atoms with Crippen molar-refractivity contribution in [1.29, 1.82) is 0 Å². The Labute approximate surface area is 184 Å². The Bertz CT molecular complexity index is 891. The average Bonchev–Trinajstić information content (AvgIpc) is 3.15. The third kappa shape index (κ3) is 5.70. The molecule has 1 N–H and O–H groups in total. The largest absolute Gasteiger partial charge is 0.350 e. The number of carbonyl (C=O) groups excluding carboxylic acids is 2. The van der Waals surface area contributed by atoms with E-state index < -0.39 is 0 Å². The molecule has 2 fully saturated rings. The molecule has 2 amide bonds. The summed E-state index contributed by atoms with van der Waals surface area (Å²) >= 11 is 0. The van der Waals surface area contributed by atoms with Crippen LogP contribution in [0.2, 0.25) is 0 Å². The summed E-state index contributed by atoms with van der Waals surface area (Å²) in [5, 5.41) is 3.20. The molecule has 0 bridgehead atoms. The van der Waals surface area contributed by atoms with Crippen LogP contribution in [-0.2, 0) is 22.6 Å². The second-order valence-corrected chi connectivity index (χ2v) is 9.01. The van der Waals surface area contributed by atoms with Gasteiger partial charge in [-0.2, -0.15) is 0 Å². The number of hydrogen-bond acceptors (Lipinski definition) is 4. The number of amides is 2. The van der Waals surface area contributed by atoms with E-state index in [0.29, 0.717) is 19.3 Å². The molecule has 2 saturated heterocycles. The molecule has 4 rings (SSSR count). The van der Waals surface area contributed by atoms with E-state index in [0.717, 1.165) is 45.6 Å². The molecule has 1 aromatic carbocycles. The van der Waals surface area contributed by atoms with Crippen molar-refractivity contribution >= 4 is 11.8 Å². The minimum atomic E-state index is -0.301. The van der Waals surface area contributed by atoms with Gasteiger partial charge in [-0.1, -0.05) is 35.9 Å². The van der Waals surface area contributed by atoms with Crippen LogP contribution in [0.1, 0.15) is 42.4 Å². The van der Waals surface area contributed by atoms with E-state index in [9.17, 15) is 9.59 Å². The quantitative estimate of drug-likeness (QED) is 0.748. The molecule has 0 saturated carbocycles. The predicted molar refractivity (Wildman–Crippen MR) is 120 cm³/mol. The predicted octanol–water partition coefficient (Wildman–Crippen LogP) is 2.71. The van der Waals surface area contributed by atoms with Crippen molar-refractivity contribution in [3.63, 3.8) is 0 Å². The van der Waals surface area contributed by atoms with Crippen LogP contribution in [0.15, 0.2) is 48.8 Å². The molecule has 1 aromatic heterocycles. The summed E-state index contributed by atoms with van der Waals surface area (Å²) in [6.45, 7) is 6.23. The zero-order valence-corrected chi connectivity index (χ0v) is 18.3. The van der Waals surface area contributed by atoms with E-state index in [1.807, 2.05) is 17.2 Å². The van der Waals surface area contributed by atoms with Gasteiger partial charge in [-0.15, -0.1) is 0 Å². The molecule has 2 aromatic rings. The van der Waals surface area contributed by atoms with Gasteiger partial charge >= 0.3 is 0 Å². The van der Waals surface area contributed by atoms with Crippen LogP contribution in [-0.4, -0.2) is 58.3 Å². The second-order valence-electron chi connectivity index (χ2n) is 9.01. The van der Waals surface area contributed by atoms with Gasteiger partial charge in [0.15, 0.2) is 0 Å². The van der Waals surface area contributed by atoms with Gasteiger partial charge in [0, 0.05) is 63.5 Å². The van der Waals surface area contributed by atoms with E-state index in [1.165, 1.54) is 16.7 Å². The average molecular weight is 421 g/mol. The number of carbonyl (C=O) groups is 2. The zero-order chi connectivity index (χ0) is 21.7. The lowest BCUT2D eigenvalue weighted by atomic mass is 9.84. The standard InChI is InChI=1S/C25H32N4O2/c1-20-4-6-21(7-5-20)17-25(10-8-23(30)27-25)11-9-24(31)29-15-13-28(14-16-29)19-22-3-2-12-26-18-22/h2-7,12,18H,8-11,13-17,19H2,1H3,(H,27,30)/t25-/m0/s1. The Morgan fingerprint density at radius 2 is 1.87 bits per heavy atom. The van der Waals surface area contributed by atoms with Crippen LogP contribution in [0.25, 0.3) is 0 Å². The lowest BCUT2D eigenvalue weighted by Gasteiger charge is -2.36. The van der Waals surface area contributed by atoms with Gasteiger partial charge in [0.2, 0.25) is 11.8 Å². The molecule has 164 valence electrons. The summed E-state index contributed by atoms with van der Waals surface area (Å²) in [7, 11) is 0. The van der Waals surface area contributed by atoms with Crippen LogP contribution in [0, 0.1) is 6.92 Å². The van der Waals surface area contributed by atoms with Gasteiger partial charge in [0.1, 0.15) is 0 Å². The van der Waals surface area contributed by atoms with Crippen molar-refractivity contribution in [2.24, 2.45) is 0 Å². The molecule has 0 spiro atoms. The second kappa shape index (κ2) is 9.60. The highest BCUT2D eigenvalue weighted by Gasteiger charge is 2.38. The molecule has 0 radical (unpaired) electrons. The monoisotopic (exact) mass is 420 g/mol. The highest BCUT2D eigenvalue weighted by molar-refractivity contribution is 5.80. The van der Waals surface area contributed by atoms with E-state index in [1.54, 1.807) is 6.20 Å². The maximum Gasteiger partial charge on any atom is 0.222 e. The molecule has 31 heavy (non-hydrogen) atoms. The number of aromatic nitrogens is 1. The summed E-state index contributed by atoms with van der Waals surface area (Å²) < 4.78 is 0. The maximum absolute atomic E-state index is 12.9. The van der Waals surface area contributed by atoms with Crippen LogP contribution in [0.3, 0.4) is 0 Å². The van der Waals surface area contributed by atoms with Gasteiger partial charge in [-0.25, -0.2) is 0 Å². The summed E-state index contributed by atoms with van der Waals surface area (Å²) in [6.07, 6.45) is 7.00. The zero-order valence-electron chi connectivity index (χ0n) is 18.3. The third-order valence-electron chi connectivity index (χ3n) is 6.57. The van der Waals surface area contributed by atoms with Crippen molar-refractivity contribution in [1.82, 2.24) is 20.1 Å². The van der Waals surface area contributed by atoms with E-state index in [-0.39, 0.29) is 17.4 Å². The molecule has 3 heterocycles. The summed E-state index contributed by atoms with van der Waals surface area (Å²) in [4.78, 5) is 33.5. The first-order valence-electron chi connectivity index (χ1n) is 11.3. The molecular weight excluding hydrogens is 388 g/mol. The number of nitrogens with zero attached hydrogens (tertiary/aromatic N) is 3. The summed E-state index contributed by atoms with van der Waals surface area (Å²) in [6, 6.07) is 12.5. The third-order valence-corrected chi connectivity index (χ3v) is 6.57. The number of benzene rings is 1. The van der Waals surface area contributed by atoms with Gasteiger partial charge in [0.05, 0.1) is 0 Å². The van der Waals surface area contributed by atoms with Crippen LogP contribution < -0.4 is 5.32 Å².